The van der Waals surface area contributed by atoms with Gasteiger partial charge >= 0.3 is 5.97 Å². The van der Waals surface area contributed by atoms with Crippen LogP contribution in [0.2, 0.25) is 4.34 Å². The van der Waals surface area contributed by atoms with E-state index in [0.29, 0.717) is 30.3 Å². The minimum absolute atomic E-state index is 0.0671. The number of carbonyl (C=O) groups excluding carboxylic acids is 2. The van der Waals surface area contributed by atoms with E-state index in [1.54, 1.807) is 11.8 Å². The van der Waals surface area contributed by atoms with Crippen LogP contribution in [0.25, 0.3) is 0 Å². The molecule has 2 rings (SSSR count). The van der Waals surface area contributed by atoms with Gasteiger partial charge in [0, 0.05) is 24.6 Å². The summed E-state index contributed by atoms with van der Waals surface area (Å²) in [6.07, 6.45) is 1.46. The zero-order valence-corrected chi connectivity index (χ0v) is 12.3. The summed E-state index contributed by atoms with van der Waals surface area (Å²) >= 11 is 7.51. The molecule has 0 aliphatic carbocycles. The van der Waals surface area contributed by atoms with Crippen LogP contribution in [-0.4, -0.2) is 29.4 Å². The topological polar surface area (TPSA) is 46.6 Å². The zero-order valence-electron chi connectivity index (χ0n) is 10.7. The molecule has 1 aromatic heterocycles. The molecule has 104 valence electrons. The Balaban J connectivity index is 2.01. The Morgan fingerprint density at radius 2 is 2.42 bits per heavy atom. The molecule has 0 N–H and O–H groups in total. The average Bonchev–Trinajstić information content (AvgIpc) is 2.91. The van der Waals surface area contributed by atoms with Crippen molar-refractivity contribution in [2.45, 2.75) is 38.8 Å². The van der Waals surface area contributed by atoms with E-state index in [0.717, 1.165) is 5.56 Å². The molecule has 2 heterocycles. The lowest BCUT2D eigenvalue weighted by Crippen LogP contribution is -2.34. The number of halogens is 1. The smallest absolute Gasteiger partial charge is 0.307 e. The summed E-state index contributed by atoms with van der Waals surface area (Å²) in [6, 6.07) is 1.85. The Hall–Kier alpha value is -1.07. The molecule has 0 spiro atoms. The van der Waals surface area contributed by atoms with Crippen LogP contribution in [0.4, 0.5) is 0 Å². The first kappa shape index (κ1) is 14.3. The molecule has 0 saturated carbocycles. The Kier molecular flexibility index (Phi) is 4.82. The number of rotatable bonds is 5. The number of nitrogens with zero attached hydrogens (tertiary/aromatic N) is 1. The standard InChI is InChI=1S/C13H16ClNO3S/c1-2-18-12(17)7-10-3-4-11(16)15(10)8-9-5-6-19-13(9)14/h5-6,10H,2-4,7-8H2,1H3. The second-order valence-electron chi connectivity index (χ2n) is 4.44. The number of hydrogen-bond donors (Lipinski definition) is 0. The SMILES string of the molecule is CCOC(=O)CC1CCC(=O)N1Cc1ccsc1Cl. The molecule has 0 bridgehead atoms. The summed E-state index contributed by atoms with van der Waals surface area (Å²) in [7, 11) is 0. The van der Waals surface area contributed by atoms with Gasteiger partial charge < -0.3 is 9.64 Å². The molecule has 4 nitrogen and oxygen atoms in total. The van der Waals surface area contributed by atoms with E-state index in [2.05, 4.69) is 0 Å². The van der Waals surface area contributed by atoms with E-state index in [1.165, 1.54) is 11.3 Å². The number of carbonyl (C=O) groups is 2. The minimum Gasteiger partial charge on any atom is -0.466 e. The Bertz CT molecular complexity index is 474. The minimum atomic E-state index is -0.247. The fraction of sp³-hybridized carbons (Fsp3) is 0.538. The van der Waals surface area contributed by atoms with Crippen LogP contribution in [-0.2, 0) is 20.9 Å². The van der Waals surface area contributed by atoms with Crippen molar-refractivity contribution in [2.75, 3.05) is 6.61 Å². The lowest BCUT2D eigenvalue weighted by Gasteiger charge is -2.24. The van der Waals surface area contributed by atoms with Gasteiger partial charge in [0.2, 0.25) is 5.91 Å². The van der Waals surface area contributed by atoms with E-state index in [1.807, 2.05) is 11.4 Å². The fourth-order valence-electron chi connectivity index (χ4n) is 2.25. The summed E-state index contributed by atoms with van der Waals surface area (Å²) in [4.78, 5) is 25.2. The molecule has 19 heavy (non-hydrogen) atoms. The second kappa shape index (κ2) is 6.39. The Morgan fingerprint density at radius 1 is 1.63 bits per heavy atom. The number of hydrogen-bond acceptors (Lipinski definition) is 4. The normalized spacial score (nSPS) is 18.9. The van der Waals surface area contributed by atoms with Crippen molar-refractivity contribution in [2.24, 2.45) is 0 Å². The van der Waals surface area contributed by atoms with Gasteiger partial charge in [0.1, 0.15) is 0 Å². The largest absolute Gasteiger partial charge is 0.466 e. The Morgan fingerprint density at radius 3 is 3.05 bits per heavy atom. The van der Waals surface area contributed by atoms with Crippen LogP contribution in [0, 0.1) is 0 Å². The van der Waals surface area contributed by atoms with Crippen molar-refractivity contribution in [3.8, 4) is 0 Å². The highest BCUT2D eigenvalue weighted by Crippen LogP contribution is 2.29. The fourth-order valence-corrected chi connectivity index (χ4v) is 3.16. The van der Waals surface area contributed by atoms with Crippen molar-refractivity contribution >= 4 is 34.8 Å². The van der Waals surface area contributed by atoms with E-state index in [9.17, 15) is 9.59 Å². The highest BCUT2D eigenvalue weighted by molar-refractivity contribution is 7.14. The van der Waals surface area contributed by atoms with Crippen LogP contribution in [0.15, 0.2) is 11.4 Å². The third-order valence-corrected chi connectivity index (χ3v) is 4.45. The second-order valence-corrected chi connectivity index (χ2v) is 5.96. The predicted molar refractivity (Wildman–Crippen MR) is 74.2 cm³/mol. The highest BCUT2D eigenvalue weighted by Gasteiger charge is 2.33. The third-order valence-electron chi connectivity index (χ3n) is 3.19. The van der Waals surface area contributed by atoms with Gasteiger partial charge in [-0.15, -0.1) is 11.3 Å². The quantitative estimate of drug-likeness (QED) is 0.786. The van der Waals surface area contributed by atoms with Gasteiger partial charge in [0.05, 0.1) is 17.4 Å². The lowest BCUT2D eigenvalue weighted by atomic mass is 10.1. The van der Waals surface area contributed by atoms with Crippen molar-refractivity contribution in [1.82, 2.24) is 4.90 Å². The number of esters is 1. The zero-order chi connectivity index (χ0) is 13.8. The van der Waals surface area contributed by atoms with Crippen molar-refractivity contribution < 1.29 is 14.3 Å². The van der Waals surface area contributed by atoms with Crippen molar-refractivity contribution in [3.05, 3.63) is 21.3 Å². The van der Waals surface area contributed by atoms with E-state index in [-0.39, 0.29) is 24.3 Å². The van der Waals surface area contributed by atoms with Gasteiger partial charge in [0.15, 0.2) is 0 Å². The molecule has 1 aromatic rings. The number of ether oxygens (including phenoxy) is 1. The van der Waals surface area contributed by atoms with E-state index >= 15 is 0 Å². The monoisotopic (exact) mass is 301 g/mol. The molecule has 6 heteroatoms. The summed E-state index contributed by atoms with van der Waals surface area (Å²) in [6.45, 7) is 2.63. The van der Waals surface area contributed by atoms with Crippen molar-refractivity contribution in [3.63, 3.8) is 0 Å². The summed E-state index contributed by atoms with van der Waals surface area (Å²) in [5, 5.41) is 1.90. The third kappa shape index (κ3) is 3.48. The van der Waals surface area contributed by atoms with Crippen LogP contribution < -0.4 is 0 Å². The molecule has 0 radical (unpaired) electrons. The molecule has 1 aliphatic rings. The molecule has 1 saturated heterocycles. The molecule has 1 amide bonds. The molecule has 1 fully saturated rings. The maximum absolute atomic E-state index is 11.9. The molecular weight excluding hydrogens is 286 g/mol. The first-order valence-corrected chi connectivity index (χ1v) is 7.54. The first-order chi connectivity index (χ1) is 9.11. The first-order valence-electron chi connectivity index (χ1n) is 6.28. The van der Waals surface area contributed by atoms with Crippen LogP contribution in [0.3, 0.4) is 0 Å². The van der Waals surface area contributed by atoms with Crippen LogP contribution in [0.5, 0.6) is 0 Å². The summed E-state index contributed by atoms with van der Waals surface area (Å²) in [5.74, 6) is -0.166. The van der Waals surface area contributed by atoms with Gasteiger partial charge in [-0.1, -0.05) is 11.6 Å². The predicted octanol–water partition coefficient (Wildman–Crippen LogP) is 2.85. The Labute approximate surface area is 121 Å². The molecule has 1 unspecified atom stereocenters. The average molecular weight is 302 g/mol. The maximum atomic E-state index is 11.9. The van der Waals surface area contributed by atoms with E-state index < -0.39 is 0 Å². The molecule has 1 aliphatic heterocycles. The summed E-state index contributed by atoms with van der Waals surface area (Å²) < 4.78 is 5.65. The number of likely N-dealkylation sites (tertiary alicyclic amines) is 1. The van der Waals surface area contributed by atoms with E-state index in [4.69, 9.17) is 16.3 Å². The molecule has 1 atom stereocenters. The van der Waals surface area contributed by atoms with Gasteiger partial charge in [0.25, 0.3) is 0 Å². The van der Waals surface area contributed by atoms with Crippen LogP contribution in [0.1, 0.15) is 31.7 Å². The van der Waals surface area contributed by atoms with Crippen molar-refractivity contribution in [1.29, 1.82) is 0 Å². The molecular formula is C13H16ClNO3S. The number of thiophene rings is 1. The highest BCUT2D eigenvalue weighted by atomic mass is 35.5. The van der Waals surface area contributed by atoms with Gasteiger partial charge in [-0.2, -0.15) is 0 Å². The van der Waals surface area contributed by atoms with Gasteiger partial charge in [-0.05, 0) is 24.8 Å². The summed E-state index contributed by atoms with van der Waals surface area (Å²) in [5.41, 5.74) is 0.941. The molecule has 0 aromatic carbocycles. The van der Waals surface area contributed by atoms with Gasteiger partial charge in [-0.25, -0.2) is 0 Å². The van der Waals surface area contributed by atoms with Crippen LogP contribution >= 0.6 is 22.9 Å². The van der Waals surface area contributed by atoms with Gasteiger partial charge in [-0.3, -0.25) is 9.59 Å². The maximum Gasteiger partial charge on any atom is 0.307 e. The lowest BCUT2D eigenvalue weighted by molar-refractivity contribution is -0.144. The number of amides is 1.